The van der Waals surface area contributed by atoms with Crippen LogP contribution in [0.5, 0.6) is 0 Å². The molecule has 5 heteroatoms. The largest absolute Gasteiger partial charge is 0.375 e. The predicted octanol–water partition coefficient (Wildman–Crippen LogP) is 0.696. The zero-order chi connectivity index (χ0) is 14.5. The number of morpholine rings is 1. The molecule has 0 aromatic heterocycles. The van der Waals surface area contributed by atoms with Gasteiger partial charge in [0.05, 0.1) is 19.3 Å². The maximum absolute atomic E-state index is 12.3. The molecule has 0 spiro atoms. The normalized spacial score (nSPS) is 31.6. The third kappa shape index (κ3) is 4.17. The Balaban J connectivity index is 1.76. The van der Waals surface area contributed by atoms with Crippen molar-refractivity contribution in [2.45, 2.75) is 50.8 Å². The van der Waals surface area contributed by atoms with Gasteiger partial charge in [0.1, 0.15) is 0 Å². The number of rotatable bonds is 4. The van der Waals surface area contributed by atoms with Crippen LogP contribution in [0, 0.1) is 0 Å². The summed E-state index contributed by atoms with van der Waals surface area (Å²) in [5.74, 6) is 0.249. The highest BCUT2D eigenvalue weighted by Gasteiger charge is 2.27. The van der Waals surface area contributed by atoms with Crippen LogP contribution in [-0.4, -0.2) is 74.2 Å². The molecule has 0 aromatic carbocycles. The van der Waals surface area contributed by atoms with Gasteiger partial charge < -0.3 is 15.0 Å². The van der Waals surface area contributed by atoms with E-state index in [0.717, 1.165) is 13.1 Å². The fourth-order valence-corrected chi connectivity index (χ4v) is 3.29. The summed E-state index contributed by atoms with van der Waals surface area (Å²) in [5.41, 5.74) is 0. The average Bonchev–Trinajstić information content (AvgIpc) is 2.47. The van der Waals surface area contributed by atoms with E-state index in [0.29, 0.717) is 25.2 Å². The minimum Gasteiger partial charge on any atom is -0.375 e. The molecular formula is C15H29N3O2. The van der Waals surface area contributed by atoms with E-state index >= 15 is 0 Å². The molecule has 0 radical (unpaired) electrons. The quantitative estimate of drug-likeness (QED) is 0.825. The first-order valence-electron chi connectivity index (χ1n) is 7.87. The molecule has 2 aliphatic rings. The molecule has 1 aliphatic heterocycles. The standard InChI is InChI=1S/C15H29N3O2/c1-12-10-18(8-9-20-12)15(19)11-17(3)14-6-4-13(16-2)5-7-14/h12-14,16H,4-11H2,1-3H3. The highest BCUT2D eigenvalue weighted by Crippen LogP contribution is 2.22. The second-order valence-electron chi connectivity index (χ2n) is 6.23. The number of amides is 1. The van der Waals surface area contributed by atoms with Crippen molar-refractivity contribution in [3.05, 3.63) is 0 Å². The molecule has 0 aromatic rings. The topological polar surface area (TPSA) is 44.8 Å². The monoisotopic (exact) mass is 283 g/mol. The minimum atomic E-state index is 0.170. The second kappa shape index (κ2) is 7.38. The summed E-state index contributed by atoms with van der Waals surface area (Å²) in [6.07, 6.45) is 4.98. The van der Waals surface area contributed by atoms with Crippen molar-refractivity contribution >= 4 is 5.91 Å². The Labute approximate surface area is 122 Å². The predicted molar refractivity (Wildman–Crippen MR) is 79.7 cm³/mol. The van der Waals surface area contributed by atoms with Gasteiger partial charge in [0, 0.05) is 25.2 Å². The Morgan fingerprint density at radius 3 is 2.65 bits per heavy atom. The maximum atomic E-state index is 12.3. The van der Waals surface area contributed by atoms with Gasteiger partial charge in [0.15, 0.2) is 0 Å². The molecule has 2 rings (SSSR count). The molecule has 116 valence electrons. The Bertz CT molecular complexity index is 316. The third-order valence-electron chi connectivity index (χ3n) is 4.71. The lowest BCUT2D eigenvalue weighted by Gasteiger charge is -2.36. The van der Waals surface area contributed by atoms with Crippen molar-refractivity contribution in [3.8, 4) is 0 Å². The van der Waals surface area contributed by atoms with Gasteiger partial charge in [-0.15, -0.1) is 0 Å². The fraction of sp³-hybridized carbons (Fsp3) is 0.933. The summed E-state index contributed by atoms with van der Waals surface area (Å²) in [7, 11) is 4.13. The van der Waals surface area contributed by atoms with E-state index in [-0.39, 0.29) is 12.0 Å². The van der Waals surface area contributed by atoms with Crippen LogP contribution in [0.3, 0.4) is 0 Å². The first kappa shape index (κ1) is 15.7. The van der Waals surface area contributed by atoms with Gasteiger partial charge >= 0.3 is 0 Å². The van der Waals surface area contributed by atoms with Crippen molar-refractivity contribution in [3.63, 3.8) is 0 Å². The van der Waals surface area contributed by atoms with Crippen LogP contribution in [0.4, 0.5) is 0 Å². The second-order valence-corrected chi connectivity index (χ2v) is 6.23. The molecule has 1 saturated carbocycles. The van der Waals surface area contributed by atoms with Gasteiger partial charge in [-0.1, -0.05) is 0 Å². The van der Waals surface area contributed by atoms with Gasteiger partial charge in [-0.25, -0.2) is 0 Å². The van der Waals surface area contributed by atoms with Crippen molar-refractivity contribution in [2.24, 2.45) is 0 Å². The van der Waals surface area contributed by atoms with Crippen LogP contribution in [-0.2, 0) is 9.53 Å². The number of carbonyl (C=O) groups excluding carboxylic acids is 1. The molecule has 1 heterocycles. The Hall–Kier alpha value is -0.650. The van der Waals surface area contributed by atoms with Gasteiger partial charge in [0.25, 0.3) is 0 Å². The highest BCUT2D eigenvalue weighted by molar-refractivity contribution is 5.78. The first-order chi connectivity index (χ1) is 9.60. The van der Waals surface area contributed by atoms with Crippen LogP contribution in [0.15, 0.2) is 0 Å². The number of hydrogen-bond donors (Lipinski definition) is 1. The average molecular weight is 283 g/mol. The van der Waals surface area contributed by atoms with Gasteiger partial charge in [-0.3, -0.25) is 9.69 Å². The van der Waals surface area contributed by atoms with E-state index in [9.17, 15) is 4.79 Å². The summed E-state index contributed by atoms with van der Waals surface area (Å²) in [6.45, 7) is 4.72. The molecule has 1 saturated heterocycles. The van der Waals surface area contributed by atoms with Crippen molar-refractivity contribution < 1.29 is 9.53 Å². The van der Waals surface area contributed by atoms with Crippen molar-refractivity contribution in [1.29, 1.82) is 0 Å². The Morgan fingerprint density at radius 1 is 1.35 bits per heavy atom. The lowest BCUT2D eigenvalue weighted by atomic mass is 9.90. The van der Waals surface area contributed by atoms with Crippen LogP contribution in [0.25, 0.3) is 0 Å². The van der Waals surface area contributed by atoms with Crippen LogP contribution >= 0.6 is 0 Å². The van der Waals surface area contributed by atoms with E-state index in [1.807, 2.05) is 18.9 Å². The summed E-state index contributed by atoms with van der Waals surface area (Å²) in [6, 6.07) is 1.22. The zero-order valence-corrected chi connectivity index (χ0v) is 13.1. The molecule has 0 bridgehead atoms. The smallest absolute Gasteiger partial charge is 0.236 e. The lowest BCUT2D eigenvalue weighted by molar-refractivity contribution is -0.139. The number of ether oxygens (including phenoxy) is 1. The fourth-order valence-electron chi connectivity index (χ4n) is 3.29. The van der Waals surface area contributed by atoms with Crippen molar-refractivity contribution in [1.82, 2.24) is 15.1 Å². The van der Waals surface area contributed by atoms with Gasteiger partial charge in [-0.2, -0.15) is 0 Å². The van der Waals surface area contributed by atoms with Crippen LogP contribution in [0.1, 0.15) is 32.6 Å². The molecule has 1 N–H and O–H groups in total. The van der Waals surface area contributed by atoms with Crippen LogP contribution in [0.2, 0.25) is 0 Å². The van der Waals surface area contributed by atoms with E-state index in [4.69, 9.17) is 4.74 Å². The minimum absolute atomic E-state index is 0.170. The van der Waals surface area contributed by atoms with Gasteiger partial charge in [-0.05, 0) is 46.7 Å². The molecule has 1 unspecified atom stereocenters. The molecule has 2 fully saturated rings. The number of hydrogen-bond acceptors (Lipinski definition) is 4. The summed E-state index contributed by atoms with van der Waals surface area (Å²) in [4.78, 5) is 16.5. The number of nitrogens with one attached hydrogen (secondary N) is 1. The first-order valence-corrected chi connectivity index (χ1v) is 7.87. The molecule has 5 nitrogen and oxygen atoms in total. The molecule has 20 heavy (non-hydrogen) atoms. The molecule has 1 aliphatic carbocycles. The number of nitrogens with zero attached hydrogens (tertiary/aromatic N) is 2. The SMILES string of the molecule is CNC1CCC(N(C)CC(=O)N2CCOC(C)C2)CC1. The van der Waals surface area contributed by atoms with E-state index in [1.165, 1.54) is 25.7 Å². The molecular weight excluding hydrogens is 254 g/mol. The highest BCUT2D eigenvalue weighted by atomic mass is 16.5. The summed E-state index contributed by atoms with van der Waals surface area (Å²) in [5, 5.41) is 3.35. The van der Waals surface area contributed by atoms with Gasteiger partial charge in [0.2, 0.25) is 5.91 Å². The summed E-state index contributed by atoms with van der Waals surface area (Å²) < 4.78 is 5.49. The van der Waals surface area contributed by atoms with E-state index in [2.05, 4.69) is 17.3 Å². The van der Waals surface area contributed by atoms with E-state index in [1.54, 1.807) is 0 Å². The van der Waals surface area contributed by atoms with E-state index < -0.39 is 0 Å². The Kier molecular flexibility index (Phi) is 5.81. The molecule has 1 atom stereocenters. The Morgan fingerprint density at radius 2 is 2.05 bits per heavy atom. The van der Waals surface area contributed by atoms with Crippen molar-refractivity contribution in [2.75, 3.05) is 40.3 Å². The third-order valence-corrected chi connectivity index (χ3v) is 4.71. The lowest BCUT2D eigenvalue weighted by Crippen LogP contribution is -2.50. The number of carbonyl (C=O) groups is 1. The summed E-state index contributed by atoms with van der Waals surface area (Å²) >= 11 is 0. The number of likely N-dealkylation sites (N-methyl/N-ethyl adjacent to an activating group) is 1. The molecule has 1 amide bonds. The van der Waals surface area contributed by atoms with Crippen LogP contribution < -0.4 is 5.32 Å². The maximum Gasteiger partial charge on any atom is 0.236 e. The zero-order valence-electron chi connectivity index (χ0n) is 13.1.